The van der Waals surface area contributed by atoms with E-state index in [2.05, 4.69) is 22.2 Å². The Morgan fingerprint density at radius 3 is 2.00 bits per heavy atom. The summed E-state index contributed by atoms with van der Waals surface area (Å²) in [7, 11) is 2.19. The molecule has 31 heavy (non-hydrogen) atoms. The molecular weight excluding hydrogens is 392 g/mol. The van der Waals surface area contributed by atoms with Crippen LogP contribution in [0.2, 0.25) is 0 Å². The Kier molecular flexibility index (Phi) is 7.24. The standard InChI is InChI=1S/C24H38N4O3/c1-23(2,3)31-22(30)26-24(4,20-6-12-25-13-7-20)21(29)28-16-10-19(11-17-28)18-8-14-27(5)15-9-18/h6-7,12-13,18-19H,8-11,14-17H2,1-5H3,(H,26,30)/t24-/m1/s1. The Morgan fingerprint density at radius 1 is 0.968 bits per heavy atom. The molecule has 2 aliphatic heterocycles. The van der Waals surface area contributed by atoms with Crippen molar-refractivity contribution in [3.8, 4) is 0 Å². The molecule has 2 saturated heterocycles. The summed E-state index contributed by atoms with van der Waals surface area (Å²) in [4.78, 5) is 34.6. The third-order valence-electron chi connectivity index (χ3n) is 6.69. The summed E-state index contributed by atoms with van der Waals surface area (Å²) in [5.41, 5.74) is -1.14. The number of carbonyl (C=O) groups is 2. The Balaban J connectivity index is 1.70. The molecule has 0 aliphatic carbocycles. The minimum atomic E-state index is -1.20. The Bertz CT molecular complexity index is 748. The lowest BCUT2D eigenvalue weighted by Gasteiger charge is -2.42. The van der Waals surface area contributed by atoms with E-state index in [4.69, 9.17) is 4.74 Å². The first-order valence-corrected chi connectivity index (χ1v) is 11.5. The highest BCUT2D eigenvalue weighted by Crippen LogP contribution is 2.34. The van der Waals surface area contributed by atoms with Crippen LogP contribution in [0.3, 0.4) is 0 Å². The molecule has 1 N–H and O–H groups in total. The fourth-order valence-corrected chi connectivity index (χ4v) is 4.83. The summed E-state index contributed by atoms with van der Waals surface area (Å²) in [5, 5.41) is 2.86. The van der Waals surface area contributed by atoms with E-state index in [-0.39, 0.29) is 5.91 Å². The predicted octanol–water partition coefficient (Wildman–Crippen LogP) is 3.40. The minimum Gasteiger partial charge on any atom is -0.444 e. The number of carbonyl (C=O) groups excluding carboxylic acids is 2. The lowest BCUT2D eigenvalue weighted by atomic mass is 9.78. The zero-order valence-electron chi connectivity index (χ0n) is 19.7. The zero-order valence-corrected chi connectivity index (χ0v) is 19.7. The number of nitrogens with zero attached hydrogens (tertiary/aromatic N) is 3. The number of hydrogen-bond acceptors (Lipinski definition) is 5. The quantitative estimate of drug-likeness (QED) is 0.792. The Morgan fingerprint density at radius 2 is 1.48 bits per heavy atom. The maximum absolute atomic E-state index is 13.7. The summed E-state index contributed by atoms with van der Waals surface area (Å²) >= 11 is 0. The number of alkyl carbamates (subject to hydrolysis) is 1. The second-order valence-electron chi connectivity index (χ2n) is 10.3. The van der Waals surface area contributed by atoms with Gasteiger partial charge in [-0.15, -0.1) is 0 Å². The van der Waals surface area contributed by atoms with E-state index < -0.39 is 17.2 Å². The van der Waals surface area contributed by atoms with Gasteiger partial charge in [0, 0.05) is 25.5 Å². The molecule has 7 nitrogen and oxygen atoms in total. The van der Waals surface area contributed by atoms with Crippen molar-refractivity contribution in [2.75, 3.05) is 33.2 Å². The first kappa shape index (κ1) is 23.5. The van der Waals surface area contributed by atoms with Crippen LogP contribution in [-0.2, 0) is 15.1 Å². The third-order valence-corrected chi connectivity index (χ3v) is 6.69. The molecule has 7 heteroatoms. The molecule has 0 spiro atoms. The van der Waals surface area contributed by atoms with Crippen LogP contribution in [0.4, 0.5) is 4.79 Å². The number of piperidine rings is 2. The molecule has 0 unspecified atom stereocenters. The molecule has 2 aliphatic rings. The van der Waals surface area contributed by atoms with Gasteiger partial charge < -0.3 is 19.9 Å². The van der Waals surface area contributed by atoms with E-state index in [1.165, 1.54) is 25.9 Å². The first-order valence-electron chi connectivity index (χ1n) is 11.5. The van der Waals surface area contributed by atoms with Crippen LogP contribution in [-0.4, -0.2) is 65.6 Å². The maximum Gasteiger partial charge on any atom is 0.408 e. The molecule has 3 rings (SSSR count). The molecule has 2 fully saturated rings. The van der Waals surface area contributed by atoms with Gasteiger partial charge in [0.2, 0.25) is 0 Å². The summed E-state index contributed by atoms with van der Waals surface area (Å²) in [5.74, 6) is 1.36. The van der Waals surface area contributed by atoms with Gasteiger partial charge in [-0.25, -0.2) is 4.79 Å². The average Bonchev–Trinajstić information content (AvgIpc) is 2.73. The van der Waals surface area contributed by atoms with Crippen molar-refractivity contribution in [2.45, 2.75) is 64.5 Å². The molecular formula is C24H38N4O3. The fourth-order valence-electron chi connectivity index (χ4n) is 4.83. The number of aromatic nitrogens is 1. The van der Waals surface area contributed by atoms with E-state index in [0.29, 0.717) is 11.5 Å². The topological polar surface area (TPSA) is 74.8 Å². The largest absolute Gasteiger partial charge is 0.444 e. The summed E-state index contributed by atoms with van der Waals surface area (Å²) in [6.45, 7) is 11.0. The van der Waals surface area contributed by atoms with Crippen LogP contribution in [0.1, 0.15) is 58.9 Å². The first-order chi connectivity index (χ1) is 14.6. The van der Waals surface area contributed by atoms with Gasteiger partial charge in [-0.3, -0.25) is 9.78 Å². The van der Waals surface area contributed by atoms with Crippen molar-refractivity contribution in [3.63, 3.8) is 0 Å². The van der Waals surface area contributed by atoms with Crippen molar-refractivity contribution in [1.82, 2.24) is 20.1 Å². The van der Waals surface area contributed by atoms with Gasteiger partial charge in [-0.05, 0) is 103 Å². The number of nitrogens with one attached hydrogen (secondary N) is 1. The third kappa shape index (κ3) is 5.97. The van der Waals surface area contributed by atoms with E-state index in [1.54, 1.807) is 31.5 Å². The lowest BCUT2D eigenvalue weighted by Crippen LogP contribution is -2.57. The maximum atomic E-state index is 13.7. The average molecular weight is 431 g/mol. The lowest BCUT2D eigenvalue weighted by molar-refractivity contribution is -0.140. The molecule has 3 heterocycles. The highest BCUT2D eigenvalue weighted by molar-refractivity contribution is 5.91. The number of ether oxygens (including phenoxy) is 1. The zero-order chi connectivity index (χ0) is 22.6. The number of likely N-dealkylation sites (tertiary alicyclic amines) is 2. The van der Waals surface area contributed by atoms with Gasteiger partial charge in [-0.2, -0.15) is 0 Å². The van der Waals surface area contributed by atoms with Gasteiger partial charge >= 0.3 is 6.09 Å². The highest BCUT2D eigenvalue weighted by Gasteiger charge is 2.42. The van der Waals surface area contributed by atoms with E-state index in [9.17, 15) is 9.59 Å². The van der Waals surface area contributed by atoms with Crippen LogP contribution < -0.4 is 5.32 Å². The fraction of sp³-hybridized carbons (Fsp3) is 0.708. The van der Waals surface area contributed by atoms with E-state index in [0.717, 1.165) is 31.8 Å². The SMILES string of the molecule is CN1CCC(C2CCN(C(=O)[C@](C)(NC(=O)OC(C)(C)C)c3ccncc3)CC2)CC1. The number of hydrogen-bond donors (Lipinski definition) is 1. The highest BCUT2D eigenvalue weighted by atomic mass is 16.6. The Labute approximate surface area is 186 Å². The molecule has 1 aromatic rings. The number of amides is 2. The van der Waals surface area contributed by atoms with Crippen molar-refractivity contribution >= 4 is 12.0 Å². The van der Waals surface area contributed by atoms with Crippen LogP contribution in [0, 0.1) is 11.8 Å². The van der Waals surface area contributed by atoms with E-state index >= 15 is 0 Å². The summed E-state index contributed by atoms with van der Waals surface area (Å²) in [6.07, 6.45) is 7.25. The van der Waals surface area contributed by atoms with Gasteiger partial charge in [0.05, 0.1) is 0 Å². The number of pyridine rings is 1. The van der Waals surface area contributed by atoms with Crippen LogP contribution in [0.15, 0.2) is 24.5 Å². The van der Waals surface area contributed by atoms with Gasteiger partial charge in [0.1, 0.15) is 11.1 Å². The van der Waals surface area contributed by atoms with Crippen molar-refractivity contribution in [3.05, 3.63) is 30.1 Å². The monoisotopic (exact) mass is 430 g/mol. The molecule has 0 aromatic carbocycles. The van der Waals surface area contributed by atoms with Gasteiger partial charge in [-0.1, -0.05) is 0 Å². The van der Waals surface area contributed by atoms with Crippen molar-refractivity contribution < 1.29 is 14.3 Å². The molecule has 172 valence electrons. The second kappa shape index (κ2) is 9.55. The van der Waals surface area contributed by atoms with Crippen molar-refractivity contribution in [1.29, 1.82) is 0 Å². The van der Waals surface area contributed by atoms with Crippen LogP contribution >= 0.6 is 0 Å². The van der Waals surface area contributed by atoms with Crippen LogP contribution in [0.25, 0.3) is 0 Å². The molecule has 2 amide bonds. The van der Waals surface area contributed by atoms with E-state index in [1.807, 2.05) is 25.7 Å². The molecule has 1 aromatic heterocycles. The molecule has 0 bridgehead atoms. The molecule has 0 saturated carbocycles. The molecule has 1 atom stereocenters. The minimum absolute atomic E-state index is 0.0913. The second-order valence-corrected chi connectivity index (χ2v) is 10.3. The predicted molar refractivity (Wildman–Crippen MR) is 120 cm³/mol. The van der Waals surface area contributed by atoms with Crippen molar-refractivity contribution in [2.24, 2.45) is 11.8 Å². The molecule has 0 radical (unpaired) electrons. The Hall–Kier alpha value is -2.15. The van der Waals surface area contributed by atoms with Gasteiger partial charge in [0.15, 0.2) is 0 Å². The smallest absolute Gasteiger partial charge is 0.408 e. The van der Waals surface area contributed by atoms with Crippen LogP contribution in [0.5, 0.6) is 0 Å². The number of rotatable bonds is 4. The van der Waals surface area contributed by atoms with Gasteiger partial charge in [0.25, 0.3) is 5.91 Å². The summed E-state index contributed by atoms with van der Waals surface area (Å²) in [6, 6.07) is 3.56. The summed E-state index contributed by atoms with van der Waals surface area (Å²) < 4.78 is 5.46. The normalized spacial score (nSPS) is 21.4.